The maximum absolute atomic E-state index is 13.5. The van der Waals surface area contributed by atoms with Crippen LogP contribution in [-0.2, 0) is 0 Å². The lowest BCUT2D eigenvalue weighted by molar-refractivity contribution is 0.169. The minimum atomic E-state index is -0.993. The Labute approximate surface area is 176 Å². The monoisotopic (exact) mass is 429 g/mol. The summed E-state index contributed by atoms with van der Waals surface area (Å²) in [7, 11) is 0. The number of hydrogen-bond donors (Lipinski definition) is 2. The summed E-state index contributed by atoms with van der Waals surface area (Å²) in [5.74, 6) is -0.589. The van der Waals surface area contributed by atoms with E-state index >= 15 is 0 Å². The molecule has 1 saturated carbocycles. The highest BCUT2D eigenvalue weighted by atomic mass is 19.1. The molecule has 0 atom stereocenters. The first-order valence-electron chi connectivity index (χ1n) is 9.91. The smallest absolute Gasteiger partial charge is 0.404 e. The second kappa shape index (κ2) is 9.07. The summed E-state index contributed by atoms with van der Waals surface area (Å²) in [5, 5.41) is 15.5. The van der Waals surface area contributed by atoms with Gasteiger partial charge in [0.15, 0.2) is 5.75 Å². The van der Waals surface area contributed by atoms with Crippen molar-refractivity contribution < 1.29 is 23.4 Å². The number of benzene rings is 1. The van der Waals surface area contributed by atoms with Gasteiger partial charge in [-0.05, 0) is 43.7 Å². The van der Waals surface area contributed by atoms with Crippen molar-refractivity contribution in [3.05, 3.63) is 54.8 Å². The van der Waals surface area contributed by atoms with Gasteiger partial charge in [0.1, 0.15) is 23.7 Å². The normalized spacial score (nSPS) is 18.5. The van der Waals surface area contributed by atoms with E-state index in [1.165, 1.54) is 23.1 Å². The molecule has 0 unspecified atom stereocenters. The molecule has 2 heterocycles. The fourth-order valence-corrected chi connectivity index (χ4v) is 3.75. The summed E-state index contributed by atoms with van der Waals surface area (Å²) in [6.45, 7) is 0.462. The number of rotatable bonds is 6. The van der Waals surface area contributed by atoms with E-state index in [0.29, 0.717) is 29.5 Å². The van der Waals surface area contributed by atoms with Gasteiger partial charge < -0.3 is 15.2 Å². The summed E-state index contributed by atoms with van der Waals surface area (Å²) in [6.07, 6.45) is 8.39. The zero-order chi connectivity index (χ0) is 21.8. The van der Waals surface area contributed by atoms with Crippen molar-refractivity contribution >= 4 is 6.09 Å². The standard InChI is InChI=1S/C21H21F2N5O3/c22-15-5-16(23)7-18(6-15)28-10-14(8-26-28)20-19(9-24-12-25-20)31-11-13-1-3-17(4-2-13)27-21(29)30/h5-10,12-13,17,27H,1-4,11H2,(H,29,30). The predicted octanol–water partition coefficient (Wildman–Crippen LogP) is 3.81. The third-order valence-electron chi connectivity index (χ3n) is 5.30. The molecule has 1 aliphatic rings. The van der Waals surface area contributed by atoms with Crippen molar-refractivity contribution in [3.8, 4) is 22.7 Å². The molecule has 2 N–H and O–H groups in total. The SMILES string of the molecule is O=C(O)NC1CCC(COc2cncnc2-c2cnn(-c3cc(F)cc(F)c3)c2)CC1. The summed E-state index contributed by atoms with van der Waals surface area (Å²) in [5.41, 5.74) is 1.41. The molecule has 31 heavy (non-hydrogen) atoms. The topological polar surface area (TPSA) is 102 Å². The van der Waals surface area contributed by atoms with E-state index in [1.54, 1.807) is 18.6 Å². The van der Waals surface area contributed by atoms with E-state index in [1.807, 2.05) is 0 Å². The number of nitrogens with one attached hydrogen (secondary N) is 1. The van der Waals surface area contributed by atoms with Gasteiger partial charge in [-0.25, -0.2) is 28.2 Å². The van der Waals surface area contributed by atoms with E-state index < -0.39 is 17.7 Å². The van der Waals surface area contributed by atoms with Crippen LogP contribution >= 0.6 is 0 Å². The van der Waals surface area contributed by atoms with Crippen molar-refractivity contribution in [1.82, 2.24) is 25.1 Å². The maximum atomic E-state index is 13.5. The van der Waals surface area contributed by atoms with Gasteiger partial charge in [0.2, 0.25) is 0 Å². The Bertz CT molecular complexity index is 1050. The number of aromatic nitrogens is 4. The lowest BCUT2D eigenvalue weighted by atomic mass is 9.86. The minimum Gasteiger partial charge on any atom is -0.489 e. The summed E-state index contributed by atoms with van der Waals surface area (Å²) >= 11 is 0. The first-order valence-corrected chi connectivity index (χ1v) is 9.91. The number of nitrogens with zero attached hydrogens (tertiary/aromatic N) is 4. The average Bonchev–Trinajstić information content (AvgIpc) is 3.23. The highest BCUT2D eigenvalue weighted by Crippen LogP contribution is 2.30. The molecule has 1 aromatic carbocycles. The molecule has 0 bridgehead atoms. The Balaban J connectivity index is 1.44. The zero-order valence-electron chi connectivity index (χ0n) is 16.5. The van der Waals surface area contributed by atoms with E-state index in [4.69, 9.17) is 9.84 Å². The molecule has 1 aliphatic carbocycles. The second-order valence-electron chi connectivity index (χ2n) is 7.51. The van der Waals surface area contributed by atoms with Crippen molar-refractivity contribution in [2.75, 3.05) is 6.61 Å². The van der Waals surface area contributed by atoms with Crippen molar-refractivity contribution in [1.29, 1.82) is 0 Å². The van der Waals surface area contributed by atoms with Crippen LogP contribution in [0.15, 0.2) is 43.1 Å². The number of ether oxygens (including phenoxy) is 1. The lowest BCUT2D eigenvalue weighted by Gasteiger charge is -2.28. The van der Waals surface area contributed by atoms with Gasteiger partial charge in [-0.3, -0.25) is 0 Å². The minimum absolute atomic E-state index is 0.0112. The highest BCUT2D eigenvalue weighted by Gasteiger charge is 2.23. The van der Waals surface area contributed by atoms with Crippen LogP contribution in [0.3, 0.4) is 0 Å². The molecule has 10 heteroatoms. The summed E-state index contributed by atoms with van der Waals surface area (Å²) in [6, 6.07) is 3.16. The highest BCUT2D eigenvalue weighted by molar-refractivity contribution is 5.65. The molecule has 0 spiro atoms. The van der Waals surface area contributed by atoms with Crippen molar-refractivity contribution in [2.45, 2.75) is 31.7 Å². The number of carboxylic acid groups (broad SMARTS) is 1. The molecule has 162 valence electrons. The molecule has 1 fully saturated rings. The molecule has 0 radical (unpaired) electrons. The van der Waals surface area contributed by atoms with E-state index in [-0.39, 0.29) is 11.7 Å². The second-order valence-corrected chi connectivity index (χ2v) is 7.51. The van der Waals surface area contributed by atoms with Gasteiger partial charge in [0.25, 0.3) is 0 Å². The third kappa shape index (κ3) is 5.14. The van der Waals surface area contributed by atoms with E-state index in [0.717, 1.165) is 31.7 Å². The van der Waals surface area contributed by atoms with Crippen molar-refractivity contribution in [3.63, 3.8) is 0 Å². The maximum Gasteiger partial charge on any atom is 0.404 e. The van der Waals surface area contributed by atoms with Gasteiger partial charge in [0.05, 0.1) is 24.7 Å². The molecule has 1 amide bonds. The molecule has 3 aromatic rings. The van der Waals surface area contributed by atoms with Gasteiger partial charge >= 0.3 is 6.09 Å². The summed E-state index contributed by atoms with van der Waals surface area (Å²) < 4.78 is 34.4. The van der Waals surface area contributed by atoms with Crippen LogP contribution in [0.5, 0.6) is 5.75 Å². The van der Waals surface area contributed by atoms with Crippen LogP contribution in [0.4, 0.5) is 13.6 Å². The van der Waals surface area contributed by atoms with Crippen LogP contribution in [0.2, 0.25) is 0 Å². The van der Waals surface area contributed by atoms with Crippen LogP contribution < -0.4 is 10.1 Å². The fourth-order valence-electron chi connectivity index (χ4n) is 3.75. The van der Waals surface area contributed by atoms with Gasteiger partial charge in [0, 0.05) is 23.9 Å². The van der Waals surface area contributed by atoms with Crippen LogP contribution in [0.1, 0.15) is 25.7 Å². The predicted molar refractivity (Wildman–Crippen MR) is 107 cm³/mol. The quantitative estimate of drug-likeness (QED) is 0.618. The number of halogens is 2. The summed E-state index contributed by atoms with van der Waals surface area (Å²) in [4.78, 5) is 19.1. The Kier molecular flexibility index (Phi) is 6.06. The van der Waals surface area contributed by atoms with Gasteiger partial charge in [-0.15, -0.1) is 0 Å². The van der Waals surface area contributed by atoms with Crippen LogP contribution in [0.25, 0.3) is 16.9 Å². The largest absolute Gasteiger partial charge is 0.489 e. The first kappa shape index (κ1) is 20.7. The first-order chi connectivity index (χ1) is 15.0. The van der Waals surface area contributed by atoms with Crippen molar-refractivity contribution in [2.24, 2.45) is 5.92 Å². The lowest BCUT2D eigenvalue weighted by Crippen LogP contribution is -2.37. The molecule has 0 saturated heterocycles. The van der Waals surface area contributed by atoms with Gasteiger partial charge in [-0.2, -0.15) is 5.10 Å². The van der Waals surface area contributed by atoms with Crippen LogP contribution in [-0.4, -0.2) is 43.6 Å². The Morgan fingerprint density at radius 3 is 2.61 bits per heavy atom. The number of carbonyl (C=O) groups is 1. The molecule has 8 nitrogen and oxygen atoms in total. The van der Waals surface area contributed by atoms with E-state index in [9.17, 15) is 13.6 Å². The van der Waals surface area contributed by atoms with Gasteiger partial charge in [-0.1, -0.05) is 0 Å². The average molecular weight is 429 g/mol. The number of amides is 1. The molecule has 0 aliphatic heterocycles. The third-order valence-corrected chi connectivity index (χ3v) is 5.30. The zero-order valence-corrected chi connectivity index (χ0v) is 16.5. The Hall–Kier alpha value is -3.56. The van der Waals surface area contributed by atoms with E-state index in [2.05, 4.69) is 20.4 Å². The fraction of sp³-hybridized carbons (Fsp3) is 0.333. The molecule has 4 rings (SSSR count). The Morgan fingerprint density at radius 1 is 1.16 bits per heavy atom. The molecular weight excluding hydrogens is 408 g/mol. The molecule has 2 aromatic heterocycles. The molecular formula is C21H21F2N5O3. The Morgan fingerprint density at radius 2 is 1.90 bits per heavy atom. The van der Waals surface area contributed by atoms with Crippen LogP contribution in [0, 0.1) is 17.6 Å². The number of hydrogen-bond acceptors (Lipinski definition) is 5.